The number of rotatable bonds is 2. The smallest absolute Gasteiger partial charge is 0.390 e. The number of alkyl halides is 1. The molecule has 2 heterocycles. The minimum absolute atomic E-state index is 0.214. The summed E-state index contributed by atoms with van der Waals surface area (Å²) >= 11 is 1.97. The number of ether oxygens (including phenoxy) is 1. The Morgan fingerprint density at radius 3 is 2.88 bits per heavy atom. The Hall–Kier alpha value is -0.780. The highest BCUT2D eigenvalue weighted by molar-refractivity contribution is 14.1. The number of hydrogen-bond donors (Lipinski definition) is 3. The molecule has 17 heavy (non-hydrogen) atoms. The van der Waals surface area contributed by atoms with E-state index >= 15 is 0 Å². The van der Waals surface area contributed by atoms with Crippen molar-refractivity contribution in [2.24, 2.45) is 0 Å². The lowest BCUT2D eigenvalue weighted by atomic mass is 10.0. The van der Waals surface area contributed by atoms with E-state index in [1.54, 1.807) is 0 Å². The Balaban J connectivity index is 2.19. The van der Waals surface area contributed by atoms with E-state index in [9.17, 15) is 20.3 Å². The first-order chi connectivity index (χ1) is 8.00. The molecule has 1 unspecified atom stereocenters. The molecule has 9 heteroatoms. The third-order valence-corrected chi connectivity index (χ3v) is 3.61. The summed E-state index contributed by atoms with van der Waals surface area (Å²) in [6.45, 7) is 0.254. The number of halogens is 1. The van der Waals surface area contributed by atoms with Gasteiger partial charge in [0, 0.05) is 0 Å². The lowest BCUT2D eigenvalue weighted by molar-refractivity contribution is -0.393. The Labute approximate surface area is 109 Å². The van der Waals surface area contributed by atoms with Crippen LogP contribution in [0.4, 0.5) is 5.95 Å². The molecular formula is C8H10IN3O5. The van der Waals surface area contributed by atoms with Gasteiger partial charge in [-0.1, -0.05) is 27.6 Å². The summed E-state index contributed by atoms with van der Waals surface area (Å²) in [5, 5.41) is 29.9. The average molecular weight is 355 g/mol. The van der Waals surface area contributed by atoms with E-state index in [1.165, 1.54) is 6.20 Å². The Morgan fingerprint density at radius 1 is 1.59 bits per heavy atom. The molecule has 1 aromatic rings. The molecule has 0 spiro atoms. The van der Waals surface area contributed by atoms with Crippen molar-refractivity contribution in [2.45, 2.75) is 22.2 Å². The van der Waals surface area contributed by atoms with Crippen molar-refractivity contribution in [3.8, 4) is 0 Å². The van der Waals surface area contributed by atoms with Gasteiger partial charge < -0.3 is 25.1 Å². The number of H-pyrrole nitrogens is 1. The van der Waals surface area contributed by atoms with Crippen molar-refractivity contribution in [1.82, 2.24) is 9.97 Å². The van der Waals surface area contributed by atoms with Crippen LogP contribution in [0.15, 0.2) is 6.20 Å². The maximum atomic E-state index is 10.5. The molecule has 1 saturated heterocycles. The zero-order valence-corrected chi connectivity index (χ0v) is 10.6. The van der Waals surface area contributed by atoms with E-state index in [-0.39, 0.29) is 16.2 Å². The van der Waals surface area contributed by atoms with Crippen molar-refractivity contribution in [1.29, 1.82) is 0 Å². The highest BCUT2D eigenvalue weighted by atomic mass is 127. The average Bonchev–Trinajstić information content (AvgIpc) is 2.75. The first-order valence-electron chi connectivity index (χ1n) is 4.82. The molecule has 0 amide bonds. The number of nitrogens with one attached hydrogen (secondary N) is 1. The van der Waals surface area contributed by atoms with Gasteiger partial charge in [0.15, 0.2) is 5.69 Å². The molecule has 4 atom stereocenters. The van der Waals surface area contributed by atoms with Crippen molar-refractivity contribution >= 4 is 28.5 Å². The van der Waals surface area contributed by atoms with Crippen LogP contribution in [-0.4, -0.2) is 47.8 Å². The summed E-state index contributed by atoms with van der Waals surface area (Å²) in [6, 6.07) is 0. The molecule has 3 N–H and O–H groups in total. The Kier molecular flexibility index (Phi) is 3.61. The number of hydrogen-bond acceptors (Lipinski definition) is 6. The molecule has 1 aromatic heterocycles. The van der Waals surface area contributed by atoms with Crippen LogP contribution in [0.5, 0.6) is 0 Å². The second-order valence-corrected chi connectivity index (χ2v) is 5.26. The number of aromatic nitrogens is 2. The predicted octanol–water partition coefficient (Wildman–Crippen LogP) is -0.0854. The monoisotopic (exact) mass is 355 g/mol. The lowest BCUT2D eigenvalue weighted by Crippen LogP contribution is -2.46. The zero-order chi connectivity index (χ0) is 12.6. The van der Waals surface area contributed by atoms with E-state index in [2.05, 4.69) is 9.97 Å². The SMILES string of the molecule is O=[N+]([O-])c1nc(C2OC[C@@H](I)[C@H](O)[C@@H]2O)c[nH]1. The van der Waals surface area contributed by atoms with Crippen molar-refractivity contribution < 1.29 is 19.9 Å². The minimum Gasteiger partial charge on any atom is -0.390 e. The summed E-state index contributed by atoms with van der Waals surface area (Å²) in [7, 11) is 0. The van der Waals surface area contributed by atoms with E-state index < -0.39 is 29.2 Å². The van der Waals surface area contributed by atoms with Gasteiger partial charge in [-0.3, -0.25) is 0 Å². The van der Waals surface area contributed by atoms with Gasteiger partial charge in [-0.2, -0.15) is 0 Å². The highest BCUT2D eigenvalue weighted by Crippen LogP contribution is 2.31. The second kappa shape index (κ2) is 4.84. The van der Waals surface area contributed by atoms with Crippen LogP contribution in [0.25, 0.3) is 0 Å². The number of nitrogens with zero attached hydrogens (tertiary/aromatic N) is 2. The number of aromatic amines is 1. The van der Waals surface area contributed by atoms with Gasteiger partial charge in [-0.05, 0) is 4.92 Å². The van der Waals surface area contributed by atoms with Gasteiger partial charge >= 0.3 is 5.95 Å². The minimum atomic E-state index is -1.14. The van der Waals surface area contributed by atoms with Crippen molar-refractivity contribution in [2.75, 3.05) is 6.61 Å². The van der Waals surface area contributed by atoms with Gasteiger partial charge in [-0.15, -0.1) is 0 Å². The van der Waals surface area contributed by atoms with Crippen molar-refractivity contribution in [3.63, 3.8) is 0 Å². The number of imidazole rings is 1. The Bertz CT molecular complexity index is 425. The fourth-order valence-corrected chi connectivity index (χ4v) is 2.24. The van der Waals surface area contributed by atoms with Crippen LogP contribution in [0.2, 0.25) is 0 Å². The van der Waals surface area contributed by atoms with Crippen LogP contribution in [-0.2, 0) is 4.74 Å². The third-order valence-electron chi connectivity index (χ3n) is 2.51. The predicted molar refractivity (Wildman–Crippen MR) is 63.8 cm³/mol. The highest BCUT2D eigenvalue weighted by Gasteiger charge is 2.40. The standard InChI is InChI=1S/C8H10IN3O5/c9-3-2-17-7(6(14)5(3)13)4-1-10-8(11-4)12(15)16/h1,3,5-7,13-14H,2H2,(H,10,11)/t3-,5+,6+,7?/m1/s1. The normalized spacial score (nSPS) is 33.6. The fourth-order valence-electron chi connectivity index (χ4n) is 1.61. The summed E-state index contributed by atoms with van der Waals surface area (Å²) in [4.78, 5) is 15.8. The molecule has 94 valence electrons. The number of aliphatic hydroxyl groups is 2. The first kappa shape index (κ1) is 12.7. The maximum absolute atomic E-state index is 10.5. The van der Waals surface area contributed by atoms with Gasteiger partial charge in [0.2, 0.25) is 0 Å². The van der Waals surface area contributed by atoms with Crippen molar-refractivity contribution in [3.05, 3.63) is 22.0 Å². The molecule has 0 radical (unpaired) electrons. The number of nitro groups is 1. The van der Waals surface area contributed by atoms with Crippen LogP contribution < -0.4 is 0 Å². The van der Waals surface area contributed by atoms with Gasteiger partial charge in [0.1, 0.15) is 18.4 Å². The molecule has 0 aliphatic carbocycles. The van der Waals surface area contributed by atoms with E-state index in [0.29, 0.717) is 0 Å². The van der Waals surface area contributed by atoms with Gasteiger partial charge in [-0.25, -0.2) is 4.98 Å². The largest absolute Gasteiger partial charge is 0.432 e. The van der Waals surface area contributed by atoms with Gasteiger partial charge in [0.05, 0.1) is 16.6 Å². The lowest BCUT2D eigenvalue weighted by Gasteiger charge is -2.33. The van der Waals surface area contributed by atoms with Crippen LogP contribution in [0.1, 0.15) is 11.8 Å². The summed E-state index contributed by atoms with van der Waals surface area (Å²) < 4.78 is 5.11. The third kappa shape index (κ3) is 2.41. The van der Waals surface area contributed by atoms with Crippen LogP contribution in [0, 0.1) is 10.1 Å². The molecule has 0 saturated carbocycles. The Morgan fingerprint density at radius 2 is 2.29 bits per heavy atom. The van der Waals surface area contributed by atoms with E-state index in [1.807, 2.05) is 22.6 Å². The fraction of sp³-hybridized carbons (Fsp3) is 0.625. The zero-order valence-electron chi connectivity index (χ0n) is 8.49. The molecule has 8 nitrogen and oxygen atoms in total. The molecule has 1 aliphatic heterocycles. The van der Waals surface area contributed by atoms with Crippen LogP contribution in [0.3, 0.4) is 0 Å². The summed E-state index contributed by atoms with van der Waals surface area (Å²) in [6.07, 6.45) is -1.63. The maximum Gasteiger partial charge on any atom is 0.432 e. The molecule has 0 bridgehead atoms. The molecule has 1 fully saturated rings. The molecule has 0 aromatic carbocycles. The van der Waals surface area contributed by atoms with E-state index in [0.717, 1.165) is 0 Å². The van der Waals surface area contributed by atoms with Gasteiger partial charge in [0.25, 0.3) is 0 Å². The number of aliphatic hydroxyl groups excluding tert-OH is 2. The first-order valence-corrected chi connectivity index (χ1v) is 6.06. The second-order valence-electron chi connectivity index (χ2n) is 3.66. The summed E-state index contributed by atoms with van der Waals surface area (Å²) in [5.74, 6) is -0.415. The quantitative estimate of drug-likeness (QED) is 0.295. The van der Waals surface area contributed by atoms with E-state index in [4.69, 9.17) is 4.74 Å². The molecule has 2 rings (SSSR count). The molecule has 1 aliphatic rings. The topological polar surface area (TPSA) is 122 Å². The van der Waals surface area contributed by atoms with Crippen LogP contribution >= 0.6 is 22.6 Å². The summed E-state index contributed by atoms with van der Waals surface area (Å²) in [5.41, 5.74) is 0.214. The molecular weight excluding hydrogens is 345 g/mol.